The summed E-state index contributed by atoms with van der Waals surface area (Å²) in [6.07, 6.45) is 3.66. The SMILES string of the molecule is CC(O)C1CCN(c2ncccc2[C@H](C)N)CC1. The van der Waals surface area contributed by atoms with E-state index in [1.807, 2.05) is 32.2 Å². The Morgan fingerprint density at radius 2 is 2.06 bits per heavy atom. The molecule has 3 N–H and O–H groups in total. The molecule has 2 heterocycles. The number of anilines is 1. The minimum Gasteiger partial charge on any atom is -0.393 e. The van der Waals surface area contributed by atoms with E-state index in [2.05, 4.69) is 9.88 Å². The van der Waals surface area contributed by atoms with Gasteiger partial charge in [-0.15, -0.1) is 0 Å². The van der Waals surface area contributed by atoms with Crippen LogP contribution in [0.1, 0.15) is 38.3 Å². The number of rotatable bonds is 3. The lowest BCUT2D eigenvalue weighted by Crippen LogP contribution is -2.38. The molecule has 1 aromatic rings. The van der Waals surface area contributed by atoms with Crippen LogP contribution in [0.2, 0.25) is 0 Å². The van der Waals surface area contributed by atoms with Gasteiger partial charge in [-0.3, -0.25) is 0 Å². The third-order valence-corrected chi connectivity index (χ3v) is 3.83. The van der Waals surface area contributed by atoms with Crippen molar-refractivity contribution in [3.8, 4) is 0 Å². The Morgan fingerprint density at radius 3 is 2.61 bits per heavy atom. The first-order valence-electron chi connectivity index (χ1n) is 6.73. The molecule has 4 nitrogen and oxygen atoms in total. The summed E-state index contributed by atoms with van der Waals surface area (Å²) in [5, 5.41) is 9.62. The van der Waals surface area contributed by atoms with Crippen molar-refractivity contribution in [2.24, 2.45) is 11.7 Å². The Labute approximate surface area is 109 Å². The molecule has 0 amide bonds. The fourth-order valence-electron chi connectivity index (χ4n) is 2.62. The fraction of sp³-hybridized carbons (Fsp3) is 0.643. The highest BCUT2D eigenvalue weighted by Crippen LogP contribution is 2.28. The first-order chi connectivity index (χ1) is 8.59. The van der Waals surface area contributed by atoms with Crippen LogP contribution in [0.5, 0.6) is 0 Å². The first kappa shape index (κ1) is 13.3. The average Bonchev–Trinajstić information content (AvgIpc) is 2.39. The molecule has 0 spiro atoms. The molecule has 0 radical (unpaired) electrons. The van der Waals surface area contributed by atoms with Crippen LogP contribution in [-0.2, 0) is 0 Å². The molecule has 0 bridgehead atoms. The largest absolute Gasteiger partial charge is 0.393 e. The van der Waals surface area contributed by atoms with E-state index in [0.29, 0.717) is 5.92 Å². The highest BCUT2D eigenvalue weighted by molar-refractivity contribution is 5.48. The quantitative estimate of drug-likeness (QED) is 0.856. The van der Waals surface area contributed by atoms with Crippen LogP contribution in [0.25, 0.3) is 0 Å². The lowest BCUT2D eigenvalue weighted by molar-refractivity contribution is 0.109. The Balaban J connectivity index is 2.10. The van der Waals surface area contributed by atoms with Gasteiger partial charge in [0.1, 0.15) is 5.82 Å². The number of nitrogens with two attached hydrogens (primary N) is 1. The summed E-state index contributed by atoms with van der Waals surface area (Å²) in [6, 6.07) is 3.99. The first-order valence-corrected chi connectivity index (χ1v) is 6.73. The van der Waals surface area contributed by atoms with E-state index in [4.69, 9.17) is 5.73 Å². The molecule has 0 aliphatic carbocycles. The fourth-order valence-corrected chi connectivity index (χ4v) is 2.62. The second-order valence-corrected chi connectivity index (χ2v) is 5.27. The van der Waals surface area contributed by atoms with Gasteiger partial charge in [0.25, 0.3) is 0 Å². The maximum atomic E-state index is 9.62. The number of pyridine rings is 1. The second-order valence-electron chi connectivity index (χ2n) is 5.27. The van der Waals surface area contributed by atoms with Crippen molar-refractivity contribution in [1.29, 1.82) is 0 Å². The summed E-state index contributed by atoms with van der Waals surface area (Å²) >= 11 is 0. The molecule has 1 saturated heterocycles. The van der Waals surface area contributed by atoms with Crippen molar-refractivity contribution >= 4 is 5.82 Å². The maximum absolute atomic E-state index is 9.62. The van der Waals surface area contributed by atoms with Gasteiger partial charge < -0.3 is 15.7 Å². The monoisotopic (exact) mass is 249 g/mol. The van der Waals surface area contributed by atoms with Gasteiger partial charge >= 0.3 is 0 Å². The number of piperidine rings is 1. The number of aliphatic hydroxyl groups is 1. The number of aromatic nitrogens is 1. The third kappa shape index (κ3) is 2.82. The van der Waals surface area contributed by atoms with Gasteiger partial charge in [-0.25, -0.2) is 4.98 Å². The zero-order valence-corrected chi connectivity index (χ0v) is 11.2. The molecule has 0 aromatic carbocycles. The standard InChI is InChI=1S/C14H23N3O/c1-10(15)13-4-3-7-16-14(13)17-8-5-12(6-9-17)11(2)18/h3-4,7,10-12,18H,5-6,8-9,15H2,1-2H3/t10-,11?/m0/s1. The minimum absolute atomic E-state index is 0.00295. The average molecular weight is 249 g/mol. The summed E-state index contributed by atoms with van der Waals surface area (Å²) in [4.78, 5) is 6.77. The second kappa shape index (κ2) is 5.67. The van der Waals surface area contributed by atoms with Gasteiger partial charge in [0.2, 0.25) is 0 Å². The van der Waals surface area contributed by atoms with E-state index >= 15 is 0 Å². The lowest BCUT2D eigenvalue weighted by atomic mass is 9.92. The van der Waals surface area contributed by atoms with Crippen molar-refractivity contribution in [1.82, 2.24) is 4.98 Å². The summed E-state index contributed by atoms with van der Waals surface area (Å²) in [5.74, 6) is 1.43. The predicted octanol–water partition coefficient (Wildman–Crippen LogP) is 1.70. The summed E-state index contributed by atoms with van der Waals surface area (Å²) < 4.78 is 0. The van der Waals surface area contributed by atoms with Crippen LogP contribution < -0.4 is 10.6 Å². The van der Waals surface area contributed by atoms with Crippen LogP contribution in [0, 0.1) is 5.92 Å². The highest BCUT2D eigenvalue weighted by atomic mass is 16.3. The van der Waals surface area contributed by atoms with Gasteiger partial charge in [0.15, 0.2) is 0 Å². The van der Waals surface area contributed by atoms with E-state index in [-0.39, 0.29) is 12.1 Å². The van der Waals surface area contributed by atoms with Gasteiger partial charge in [0.05, 0.1) is 6.10 Å². The smallest absolute Gasteiger partial charge is 0.133 e. The van der Waals surface area contributed by atoms with E-state index in [1.54, 1.807) is 0 Å². The van der Waals surface area contributed by atoms with Crippen molar-refractivity contribution < 1.29 is 5.11 Å². The predicted molar refractivity (Wildman–Crippen MR) is 73.5 cm³/mol. The van der Waals surface area contributed by atoms with Crippen molar-refractivity contribution in [3.05, 3.63) is 23.9 Å². The molecule has 1 unspecified atom stereocenters. The van der Waals surface area contributed by atoms with E-state index in [1.165, 1.54) is 0 Å². The van der Waals surface area contributed by atoms with Gasteiger partial charge in [-0.2, -0.15) is 0 Å². The lowest BCUT2D eigenvalue weighted by Gasteiger charge is -2.35. The summed E-state index contributed by atoms with van der Waals surface area (Å²) in [6.45, 7) is 5.77. The minimum atomic E-state index is -0.205. The number of nitrogens with zero attached hydrogens (tertiary/aromatic N) is 2. The Kier molecular flexibility index (Phi) is 4.19. The molecule has 2 atom stereocenters. The Morgan fingerprint density at radius 1 is 1.39 bits per heavy atom. The topological polar surface area (TPSA) is 62.4 Å². The number of hydrogen-bond donors (Lipinski definition) is 2. The van der Waals surface area contributed by atoms with Crippen LogP contribution in [0.15, 0.2) is 18.3 Å². The molecule has 4 heteroatoms. The maximum Gasteiger partial charge on any atom is 0.133 e. The zero-order valence-electron chi connectivity index (χ0n) is 11.2. The van der Waals surface area contributed by atoms with Gasteiger partial charge in [0, 0.05) is 30.9 Å². The molecule has 1 aromatic heterocycles. The van der Waals surface area contributed by atoms with Crippen LogP contribution >= 0.6 is 0 Å². The molecular formula is C14H23N3O. The number of aliphatic hydroxyl groups excluding tert-OH is 1. The van der Waals surface area contributed by atoms with Crippen molar-refractivity contribution in [3.63, 3.8) is 0 Å². The summed E-state index contributed by atoms with van der Waals surface area (Å²) in [5.41, 5.74) is 7.09. The molecular weight excluding hydrogens is 226 g/mol. The molecule has 2 rings (SSSR count). The van der Waals surface area contributed by atoms with Gasteiger partial charge in [-0.1, -0.05) is 6.07 Å². The highest BCUT2D eigenvalue weighted by Gasteiger charge is 2.24. The van der Waals surface area contributed by atoms with Crippen LogP contribution in [0.3, 0.4) is 0 Å². The zero-order chi connectivity index (χ0) is 13.1. The van der Waals surface area contributed by atoms with Crippen molar-refractivity contribution in [2.45, 2.75) is 38.8 Å². The summed E-state index contributed by atoms with van der Waals surface area (Å²) in [7, 11) is 0. The van der Waals surface area contributed by atoms with Crippen LogP contribution in [0.4, 0.5) is 5.82 Å². The van der Waals surface area contributed by atoms with E-state index in [0.717, 1.165) is 37.3 Å². The molecule has 1 aliphatic rings. The molecule has 1 aliphatic heterocycles. The van der Waals surface area contributed by atoms with E-state index in [9.17, 15) is 5.11 Å². The Bertz CT molecular complexity index is 384. The molecule has 18 heavy (non-hydrogen) atoms. The number of hydrogen-bond acceptors (Lipinski definition) is 4. The Hall–Kier alpha value is -1.13. The van der Waals surface area contributed by atoms with Crippen molar-refractivity contribution in [2.75, 3.05) is 18.0 Å². The third-order valence-electron chi connectivity index (χ3n) is 3.83. The molecule has 1 fully saturated rings. The normalized spacial score (nSPS) is 20.8. The van der Waals surface area contributed by atoms with Gasteiger partial charge in [-0.05, 0) is 38.7 Å². The molecule has 0 saturated carbocycles. The van der Waals surface area contributed by atoms with Crippen LogP contribution in [-0.4, -0.2) is 29.3 Å². The molecule has 100 valence electrons. The van der Waals surface area contributed by atoms with E-state index < -0.39 is 0 Å².